The van der Waals surface area contributed by atoms with Crippen LogP contribution in [-0.4, -0.2) is 31.5 Å². The molecule has 0 aliphatic carbocycles. The normalized spacial score (nSPS) is 16.3. The molecule has 0 amide bonds. The number of imidazole rings is 1. The zero-order chi connectivity index (χ0) is 21.7. The van der Waals surface area contributed by atoms with Crippen molar-refractivity contribution in [1.29, 1.82) is 0 Å². The lowest BCUT2D eigenvalue weighted by atomic mass is 9.96. The Bertz CT molecular complexity index is 1460. The van der Waals surface area contributed by atoms with Gasteiger partial charge in [-0.1, -0.05) is 12.1 Å². The molecule has 0 saturated carbocycles. The quantitative estimate of drug-likeness (QED) is 0.428. The Labute approximate surface area is 182 Å². The molecule has 1 aliphatic heterocycles. The largest absolute Gasteiger partial charge is 0.348 e. The van der Waals surface area contributed by atoms with E-state index < -0.39 is 0 Å². The van der Waals surface area contributed by atoms with Crippen molar-refractivity contribution in [2.24, 2.45) is 0 Å². The maximum Gasteiger partial charge on any atom is 0.182 e. The maximum absolute atomic E-state index is 14.8. The molecule has 1 saturated heterocycles. The van der Waals surface area contributed by atoms with E-state index in [-0.39, 0.29) is 17.7 Å². The zero-order valence-corrected chi connectivity index (χ0v) is 17.0. The lowest BCUT2D eigenvalue weighted by Crippen LogP contribution is -2.24. The van der Waals surface area contributed by atoms with Crippen molar-refractivity contribution < 1.29 is 8.78 Å². The highest BCUT2D eigenvalue weighted by Gasteiger charge is 2.32. The number of benzene rings is 2. The molecule has 0 bridgehead atoms. The van der Waals surface area contributed by atoms with Crippen LogP contribution >= 0.6 is 0 Å². The molecule has 1 atom stereocenters. The van der Waals surface area contributed by atoms with Crippen LogP contribution in [0.1, 0.15) is 24.4 Å². The number of anilines is 1. The zero-order valence-electron chi connectivity index (χ0n) is 17.0. The number of fused-ring (bicyclic) bond motifs is 2. The summed E-state index contributed by atoms with van der Waals surface area (Å²) < 4.78 is 28.8. The molecule has 2 aromatic carbocycles. The first kappa shape index (κ1) is 18.8. The highest BCUT2D eigenvalue weighted by molar-refractivity contribution is 5.86. The average molecular weight is 428 g/mol. The standard InChI is InChI=1S/C24H18F2N6/c25-15-8-7-14-10-17(21(31-19(14)11-15)16-4-1-2-5-18(16)26)20-6-3-9-32(20)24-22-23(28-12-27-22)29-13-30-24/h1-2,4-5,7-8,10-13,20H,3,6,9H2,(H,27,28,29,30). The highest BCUT2D eigenvalue weighted by Crippen LogP contribution is 2.42. The number of aromatic amines is 1. The predicted molar refractivity (Wildman–Crippen MR) is 118 cm³/mol. The van der Waals surface area contributed by atoms with Crippen LogP contribution in [0.5, 0.6) is 0 Å². The van der Waals surface area contributed by atoms with Gasteiger partial charge in [-0.3, -0.25) is 0 Å². The van der Waals surface area contributed by atoms with E-state index >= 15 is 0 Å². The van der Waals surface area contributed by atoms with Crippen molar-refractivity contribution >= 4 is 27.9 Å². The van der Waals surface area contributed by atoms with E-state index in [1.165, 1.54) is 24.5 Å². The molecule has 1 N–H and O–H groups in total. The fourth-order valence-corrected chi connectivity index (χ4v) is 4.59. The van der Waals surface area contributed by atoms with Crippen LogP contribution in [0.3, 0.4) is 0 Å². The summed E-state index contributed by atoms with van der Waals surface area (Å²) in [5.41, 5.74) is 3.67. The Morgan fingerprint density at radius 1 is 1.00 bits per heavy atom. The molecule has 6 rings (SSSR count). The number of halogens is 2. The summed E-state index contributed by atoms with van der Waals surface area (Å²) in [5, 5.41) is 0.808. The van der Waals surface area contributed by atoms with Gasteiger partial charge in [-0.05, 0) is 43.2 Å². The fourth-order valence-electron chi connectivity index (χ4n) is 4.59. The Hall–Kier alpha value is -3.94. The van der Waals surface area contributed by atoms with Gasteiger partial charge < -0.3 is 9.88 Å². The summed E-state index contributed by atoms with van der Waals surface area (Å²) in [4.78, 5) is 23.1. The van der Waals surface area contributed by atoms with E-state index in [2.05, 4.69) is 24.8 Å². The number of rotatable bonds is 3. The molecule has 0 spiro atoms. The topological polar surface area (TPSA) is 70.6 Å². The van der Waals surface area contributed by atoms with E-state index in [4.69, 9.17) is 4.98 Å². The van der Waals surface area contributed by atoms with Gasteiger partial charge >= 0.3 is 0 Å². The van der Waals surface area contributed by atoms with Crippen LogP contribution in [0.2, 0.25) is 0 Å². The minimum Gasteiger partial charge on any atom is -0.348 e. The molecule has 8 heteroatoms. The molecule has 1 fully saturated rings. The fraction of sp³-hybridized carbons (Fsp3) is 0.167. The minimum atomic E-state index is -0.373. The number of nitrogens with zero attached hydrogens (tertiary/aromatic N) is 5. The summed E-state index contributed by atoms with van der Waals surface area (Å²) in [5.74, 6) is 0.0237. The molecule has 0 radical (unpaired) electrons. The second-order valence-corrected chi connectivity index (χ2v) is 7.89. The average Bonchev–Trinajstić information content (AvgIpc) is 3.48. The first-order chi connectivity index (χ1) is 15.7. The predicted octanol–water partition coefficient (Wildman–Crippen LogP) is 5.19. The summed E-state index contributed by atoms with van der Waals surface area (Å²) in [6.07, 6.45) is 4.91. The number of aromatic nitrogens is 5. The van der Waals surface area contributed by atoms with Gasteiger partial charge in [-0.25, -0.2) is 28.7 Å². The monoisotopic (exact) mass is 428 g/mol. The molecule has 5 aromatic rings. The molecule has 158 valence electrons. The Kier molecular flexibility index (Phi) is 4.31. The summed E-state index contributed by atoms with van der Waals surface area (Å²) in [7, 11) is 0. The molecule has 3 aromatic heterocycles. The number of hydrogen-bond acceptors (Lipinski definition) is 5. The van der Waals surface area contributed by atoms with E-state index in [9.17, 15) is 8.78 Å². The third-order valence-corrected chi connectivity index (χ3v) is 6.02. The van der Waals surface area contributed by atoms with Gasteiger partial charge in [0.05, 0.1) is 23.6 Å². The molecular weight excluding hydrogens is 410 g/mol. The van der Waals surface area contributed by atoms with Crippen LogP contribution in [0.25, 0.3) is 33.3 Å². The van der Waals surface area contributed by atoms with E-state index in [1.807, 2.05) is 6.07 Å². The Morgan fingerprint density at radius 3 is 2.81 bits per heavy atom. The summed E-state index contributed by atoms with van der Waals surface area (Å²) in [6.45, 7) is 0.786. The number of H-pyrrole nitrogens is 1. The highest BCUT2D eigenvalue weighted by atomic mass is 19.1. The SMILES string of the molecule is Fc1ccc2cc(C3CCCN3c3ncnc4nc[nH]c34)c(-c3ccccc3F)nc2c1. The Morgan fingerprint density at radius 2 is 1.91 bits per heavy atom. The molecule has 1 aliphatic rings. The van der Waals surface area contributed by atoms with Crippen molar-refractivity contribution in [3.8, 4) is 11.3 Å². The van der Waals surface area contributed by atoms with Crippen molar-refractivity contribution in [3.63, 3.8) is 0 Å². The third kappa shape index (κ3) is 2.98. The van der Waals surface area contributed by atoms with Crippen LogP contribution < -0.4 is 4.90 Å². The van der Waals surface area contributed by atoms with E-state index in [1.54, 1.807) is 30.6 Å². The third-order valence-electron chi connectivity index (χ3n) is 6.02. The molecule has 1 unspecified atom stereocenters. The van der Waals surface area contributed by atoms with Crippen molar-refractivity contribution in [1.82, 2.24) is 24.9 Å². The number of pyridine rings is 1. The minimum absolute atomic E-state index is 0.0760. The Balaban J connectivity index is 1.57. The van der Waals surface area contributed by atoms with Crippen LogP contribution in [-0.2, 0) is 0 Å². The number of hydrogen-bond donors (Lipinski definition) is 1. The first-order valence-corrected chi connectivity index (χ1v) is 10.4. The van der Waals surface area contributed by atoms with Crippen LogP contribution in [0.15, 0.2) is 61.2 Å². The molecular formula is C24H18F2N6. The van der Waals surface area contributed by atoms with E-state index in [0.717, 1.165) is 41.7 Å². The van der Waals surface area contributed by atoms with E-state index in [0.29, 0.717) is 22.4 Å². The maximum atomic E-state index is 14.8. The number of nitrogens with one attached hydrogen (secondary N) is 1. The van der Waals surface area contributed by atoms with Crippen molar-refractivity contribution in [2.45, 2.75) is 18.9 Å². The van der Waals surface area contributed by atoms with Gasteiger partial charge in [0.15, 0.2) is 11.5 Å². The lowest BCUT2D eigenvalue weighted by Gasteiger charge is -2.28. The van der Waals surface area contributed by atoms with Crippen LogP contribution in [0, 0.1) is 11.6 Å². The second-order valence-electron chi connectivity index (χ2n) is 7.89. The van der Waals surface area contributed by atoms with Gasteiger partial charge in [0, 0.05) is 29.1 Å². The van der Waals surface area contributed by atoms with Crippen molar-refractivity contribution in [2.75, 3.05) is 11.4 Å². The van der Waals surface area contributed by atoms with Crippen LogP contribution in [0.4, 0.5) is 14.6 Å². The summed E-state index contributed by atoms with van der Waals surface area (Å²) >= 11 is 0. The smallest absolute Gasteiger partial charge is 0.182 e. The van der Waals surface area contributed by atoms with Gasteiger partial charge in [0.25, 0.3) is 0 Å². The molecule has 6 nitrogen and oxygen atoms in total. The first-order valence-electron chi connectivity index (χ1n) is 10.4. The molecule has 4 heterocycles. The van der Waals surface area contributed by atoms with Gasteiger partial charge in [-0.15, -0.1) is 0 Å². The van der Waals surface area contributed by atoms with Gasteiger partial charge in [0.2, 0.25) is 0 Å². The second kappa shape index (κ2) is 7.33. The molecule has 32 heavy (non-hydrogen) atoms. The van der Waals surface area contributed by atoms with Gasteiger partial charge in [0.1, 0.15) is 23.5 Å². The van der Waals surface area contributed by atoms with Crippen molar-refractivity contribution in [3.05, 3.63) is 78.4 Å². The summed E-state index contributed by atoms with van der Waals surface area (Å²) in [6, 6.07) is 13.0. The lowest BCUT2D eigenvalue weighted by molar-refractivity contribution is 0.628. The van der Waals surface area contributed by atoms with Gasteiger partial charge in [-0.2, -0.15) is 0 Å².